The van der Waals surface area contributed by atoms with E-state index in [9.17, 15) is 18.4 Å². The minimum Gasteiger partial charge on any atom is -0.352 e. The highest BCUT2D eigenvalue weighted by atomic mass is 19.1. The molecule has 27 heavy (non-hydrogen) atoms. The van der Waals surface area contributed by atoms with Crippen LogP contribution >= 0.6 is 0 Å². The molecule has 0 aliphatic rings. The van der Waals surface area contributed by atoms with Gasteiger partial charge in [-0.25, -0.2) is 8.78 Å². The minimum atomic E-state index is -0.753. The molecular formula is C21H24F2N2O2. The van der Waals surface area contributed by atoms with Crippen molar-refractivity contribution < 1.29 is 18.4 Å². The zero-order valence-corrected chi connectivity index (χ0v) is 15.7. The van der Waals surface area contributed by atoms with Crippen LogP contribution in [0, 0.1) is 11.6 Å². The van der Waals surface area contributed by atoms with Gasteiger partial charge in [0, 0.05) is 12.6 Å². The van der Waals surface area contributed by atoms with Crippen LogP contribution in [0.3, 0.4) is 0 Å². The summed E-state index contributed by atoms with van der Waals surface area (Å²) in [6.07, 6.45) is -0.160. The van der Waals surface area contributed by atoms with E-state index < -0.39 is 11.9 Å². The molecule has 1 atom stereocenters. The lowest BCUT2D eigenvalue weighted by Gasteiger charge is -2.29. The maximum atomic E-state index is 13.9. The molecule has 0 fully saturated rings. The summed E-state index contributed by atoms with van der Waals surface area (Å²) in [5.74, 6) is -1.52. The molecule has 2 aromatic carbocycles. The van der Waals surface area contributed by atoms with Gasteiger partial charge in [-0.3, -0.25) is 9.59 Å². The quantitative estimate of drug-likeness (QED) is 0.807. The molecule has 2 rings (SSSR count). The van der Waals surface area contributed by atoms with E-state index in [1.165, 1.54) is 23.1 Å². The van der Waals surface area contributed by atoms with E-state index in [4.69, 9.17) is 0 Å². The SMILES string of the molecule is CC(C)NC(=O)C(C)N(Cc1ccc(F)cc1)C(=O)Cc1ccccc1F. The summed E-state index contributed by atoms with van der Waals surface area (Å²) in [6, 6.07) is 10.9. The van der Waals surface area contributed by atoms with Crippen LogP contribution in [0.25, 0.3) is 0 Å². The lowest BCUT2D eigenvalue weighted by Crippen LogP contribution is -2.49. The monoisotopic (exact) mass is 374 g/mol. The summed E-state index contributed by atoms with van der Waals surface area (Å²) in [7, 11) is 0. The first kappa shape index (κ1) is 20.6. The van der Waals surface area contributed by atoms with Gasteiger partial charge < -0.3 is 10.2 Å². The number of carbonyl (C=O) groups is 2. The van der Waals surface area contributed by atoms with Gasteiger partial charge in [0.05, 0.1) is 6.42 Å². The van der Waals surface area contributed by atoms with Crippen LogP contribution in [-0.2, 0) is 22.6 Å². The van der Waals surface area contributed by atoms with Crippen molar-refractivity contribution in [2.45, 2.75) is 45.8 Å². The van der Waals surface area contributed by atoms with Crippen molar-refractivity contribution in [2.24, 2.45) is 0 Å². The largest absolute Gasteiger partial charge is 0.352 e. The third kappa shape index (κ3) is 5.88. The number of carbonyl (C=O) groups excluding carboxylic acids is 2. The number of hydrogen-bond donors (Lipinski definition) is 1. The maximum Gasteiger partial charge on any atom is 0.242 e. The molecule has 0 heterocycles. The van der Waals surface area contributed by atoms with Crippen LogP contribution < -0.4 is 5.32 Å². The molecule has 0 spiro atoms. The molecule has 0 aromatic heterocycles. The molecule has 0 saturated heterocycles. The summed E-state index contributed by atoms with van der Waals surface area (Å²) in [6.45, 7) is 5.41. The van der Waals surface area contributed by atoms with Gasteiger partial charge in [0.2, 0.25) is 11.8 Å². The first-order valence-corrected chi connectivity index (χ1v) is 8.85. The Bertz CT molecular complexity index is 791. The second-order valence-corrected chi connectivity index (χ2v) is 6.76. The Balaban J connectivity index is 2.24. The van der Waals surface area contributed by atoms with Crippen LogP contribution in [0.5, 0.6) is 0 Å². The van der Waals surface area contributed by atoms with Gasteiger partial charge in [0.1, 0.15) is 17.7 Å². The molecule has 0 radical (unpaired) electrons. The topological polar surface area (TPSA) is 49.4 Å². The van der Waals surface area contributed by atoms with Crippen molar-refractivity contribution in [2.75, 3.05) is 0 Å². The number of benzene rings is 2. The summed E-state index contributed by atoms with van der Waals surface area (Å²) in [5.41, 5.74) is 0.950. The number of amides is 2. The van der Waals surface area contributed by atoms with Crippen LogP contribution in [0.15, 0.2) is 48.5 Å². The highest BCUT2D eigenvalue weighted by Gasteiger charge is 2.27. The Hall–Kier alpha value is -2.76. The number of hydrogen-bond acceptors (Lipinski definition) is 2. The molecule has 2 aromatic rings. The Morgan fingerprint density at radius 3 is 2.22 bits per heavy atom. The fourth-order valence-corrected chi connectivity index (χ4v) is 2.68. The predicted octanol–water partition coefficient (Wildman–Crippen LogP) is 3.45. The number of halogens is 2. The van der Waals surface area contributed by atoms with Crippen LogP contribution in [0.4, 0.5) is 8.78 Å². The van der Waals surface area contributed by atoms with E-state index in [2.05, 4.69) is 5.32 Å². The van der Waals surface area contributed by atoms with Gasteiger partial charge in [0.25, 0.3) is 0 Å². The maximum absolute atomic E-state index is 13.9. The van der Waals surface area contributed by atoms with Crippen molar-refractivity contribution in [3.8, 4) is 0 Å². The Morgan fingerprint density at radius 1 is 1.00 bits per heavy atom. The van der Waals surface area contributed by atoms with E-state index in [1.807, 2.05) is 13.8 Å². The van der Waals surface area contributed by atoms with Crippen molar-refractivity contribution >= 4 is 11.8 Å². The van der Waals surface area contributed by atoms with Crippen LogP contribution in [0.1, 0.15) is 31.9 Å². The Kier molecular flexibility index (Phi) is 7.05. The molecule has 4 nitrogen and oxygen atoms in total. The zero-order valence-electron chi connectivity index (χ0n) is 15.7. The standard InChI is InChI=1S/C21H24F2N2O2/c1-14(2)24-21(27)15(3)25(13-16-8-10-18(22)11-9-16)20(26)12-17-6-4-5-7-19(17)23/h4-11,14-15H,12-13H2,1-3H3,(H,24,27). The fraction of sp³-hybridized carbons (Fsp3) is 0.333. The molecule has 0 saturated carbocycles. The lowest BCUT2D eigenvalue weighted by molar-refractivity contribution is -0.140. The van der Waals surface area contributed by atoms with E-state index in [1.54, 1.807) is 37.3 Å². The average molecular weight is 374 g/mol. The van der Waals surface area contributed by atoms with E-state index in [0.717, 1.165) is 0 Å². The van der Waals surface area contributed by atoms with Gasteiger partial charge in [-0.1, -0.05) is 30.3 Å². The molecule has 1 N–H and O–H groups in total. The predicted molar refractivity (Wildman–Crippen MR) is 99.8 cm³/mol. The lowest BCUT2D eigenvalue weighted by atomic mass is 10.1. The second kappa shape index (κ2) is 9.26. The van der Waals surface area contributed by atoms with Gasteiger partial charge in [-0.05, 0) is 50.1 Å². The Morgan fingerprint density at radius 2 is 1.63 bits per heavy atom. The van der Waals surface area contributed by atoms with Gasteiger partial charge in [-0.2, -0.15) is 0 Å². The molecule has 6 heteroatoms. The molecule has 1 unspecified atom stereocenters. The van der Waals surface area contributed by atoms with Crippen LogP contribution in [-0.4, -0.2) is 28.8 Å². The van der Waals surface area contributed by atoms with Crippen molar-refractivity contribution in [3.05, 3.63) is 71.3 Å². The van der Waals surface area contributed by atoms with Crippen molar-refractivity contribution in [1.29, 1.82) is 0 Å². The minimum absolute atomic E-state index is 0.0747. The van der Waals surface area contributed by atoms with Gasteiger partial charge >= 0.3 is 0 Å². The fourth-order valence-electron chi connectivity index (χ4n) is 2.68. The number of nitrogens with one attached hydrogen (secondary N) is 1. The molecule has 144 valence electrons. The smallest absolute Gasteiger partial charge is 0.242 e. The van der Waals surface area contributed by atoms with Crippen molar-refractivity contribution in [1.82, 2.24) is 10.2 Å². The van der Waals surface area contributed by atoms with Gasteiger partial charge in [-0.15, -0.1) is 0 Å². The molecule has 0 aliphatic heterocycles. The molecular weight excluding hydrogens is 350 g/mol. The van der Waals surface area contributed by atoms with Gasteiger partial charge in [0.15, 0.2) is 0 Å². The first-order valence-electron chi connectivity index (χ1n) is 8.85. The average Bonchev–Trinajstić information content (AvgIpc) is 2.62. The third-order valence-electron chi connectivity index (χ3n) is 4.16. The number of nitrogens with zero attached hydrogens (tertiary/aromatic N) is 1. The molecule has 0 bridgehead atoms. The normalized spacial score (nSPS) is 11.9. The second-order valence-electron chi connectivity index (χ2n) is 6.76. The first-order chi connectivity index (χ1) is 12.8. The number of rotatable bonds is 7. The third-order valence-corrected chi connectivity index (χ3v) is 4.16. The van der Waals surface area contributed by atoms with E-state index in [0.29, 0.717) is 5.56 Å². The molecule has 2 amide bonds. The van der Waals surface area contributed by atoms with E-state index in [-0.39, 0.29) is 42.2 Å². The summed E-state index contributed by atoms with van der Waals surface area (Å²) < 4.78 is 27.1. The summed E-state index contributed by atoms with van der Waals surface area (Å²) in [5, 5.41) is 2.78. The summed E-state index contributed by atoms with van der Waals surface area (Å²) in [4.78, 5) is 26.7. The van der Waals surface area contributed by atoms with Crippen LogP contribution in [0.2, 0.25) is 0 Å². The highest BCUT2D eigenvalue weighted by Crippen LogP contribution is 2.15. The Labute approximate surface area is 158 Å². The van der Waals surface area contributed by atoms with E-state index >= 15 is 0 Å². The molecule has 0 aliphatic carbocycles. The highest BCUT2D eigenvalue weighted by molar-refractivity contribution is 5.88. The summed E-state index contributed by atoms with van der Waals surface area (Å²) >= 11 is 0. The zero-order chi connectivity index (χ0) is 20.0. The van der Waals surface area contributed by atoms with Crippen molar-refractivity contribution in [3.63, 3.8) is 0 Å².